The zero-order valence-corrected chi connectivity index (χ0v) is 9.40. The van der Waals surface area contributed by atoms with Crippen LogP contribution in [-0.4, -0.2) is 4.98 Å². The molecule has 0 aliphatic heterocycles. The maximum Gasteiger partial charge on any atom is 0.135 e. The lowest BCUT2D eigenvalue weighted by Crippen LogP contribution is -2.10. The van der Waals surface area contributed by atoms with Crippen molar-refractivity contribution in [1.29, 1.82) is 5.26 Å². The van der Waals surface area contributed by atoms with Crippen LogP contribution in [0.2, 0.25) is 10.3 Å². The van der Waals surface area contributed by atoms with Gasteiger partial charge < -0.3 is 5.73 Å². The third-order valence-corrected chi connectivity index (χ3v) is 2.07. The van der Waals surface area contributed by atoms with E-state index in [4.69, 9.17) is 34.2 Å². The SMILES string of the molecule is Cl.N#CC[C@H](N)c1ccc(Cl)nc1Cl. The molecule has 0 aromatic carbocycles. The first kappa shape index (κ1) is 13.5. The summed E-state index contributed by atoms with van der Waals surface area (Å²) in [6.45, 7) is 0. The van der Waals surface area contributed by atoms with Crippen molar-refractivity contribution < 1.29 is 0 Å². The van der Waals surface area contributed by atoms with Crippen LogP contribution in [0.25, 0.3) is 0 Å². The molecule has 0 amide bonds. The number of nitrogens with zero attached hydrogens (tertiary/aromatic N) is 2. The molecule has 0 spiro atoms. The summed E-state index contributed by atoms with van der Waals surface area (Å²) in [6, 6.07) is 4.84. The molecule has 0 bridgehead atoms. The van der Waals surface area contributed by atoms with Crippen molar-refractivity contribution in [3.05, 3.63) is 28.0 Å². The molecule has 2 N–H and O–H groups in total. The molecule has 0 unspecified atom stereocenters. The molecule has 1 atom stereocenters. The first-order valence-electron chi connectivity index (χ1n) is 3.59. The van der Waals surface area contributed by atoms with E-state index in [0.717, 1.165) is 0 Å². The predicted molar refractivity (Wildman–Crippen MR) is 58.7 cm³/mol. The number of nitriles is 1. The van der Waals surface area contributed by atoms with E-state index in [2.05, 4.69) is 4.98 Å². The Bertz CT molecular complexity index is 348. The molecule has 0 aliphatic rings. The van der Waals surface area contributed by atoms with Crippen LogP contribution in [0.4, 0.5) is 0 Å². The highest BCUT2D eigenvalue weighted by atomic mass is 35.5. The van der Waals surface area contributed by atoms with Crippen LogP contribution >= 0.6 is 35.6 Å². The lowest BCUT2D eigenvalue weighted by atomic mass is 10.1. The Hall–Kier alpha value is -0.530. The van der Waals surface area contributed by atoms with Crippen molar-refractivity contribution in [2.75, 3.05) is 0 Å². The standard InChI is InChI=1S/C8H7Cl2N3.ClH/c9-7-2-1-5(8(10)13-7)6(12)3-4-11;/h1-2,6H,3,12H2;1H/t6-;/m0./s1. The van der Waals surface area contributed by atoms with Gasteiger partial charge in [-0.25, -0.2) is 4.98 Å². The summed E-state index contributed by atoms with van der Waals surface area (Å²) in [6.07, 6.45) is 0.211. The largest absolute Gasteiger partial charge is 0.323 e. The number of nitrogens with two attached hydrogens (primary N) is 1. The highest BCUT2D eigenvalue weighted by molar-refractivity contribution is 6.32. The number of halogens is 3. The zero-order valence-electron chi connectivity index (χ0n) is 7.08. The molecule has 0 saturated carbocycles. The molecule has 1 heterocycles. The second-order valence-electron chi connectivity index (χ2n) is 2.48. The van der Waals surface area contributed by atoms with E-state index in [9.17, 15) is 0 Å². The second kappa shape index (κ2) is 6.05. The van der Waals surface area contributed by atoms with Gasteiger partial charge in [0.15, 0.2) is 0 Å². The smallest absolute Gasteiger partial charge is 0.135 e. The number of rotatable bonds is 2. The topological polar surface area (TPSA) is 62.7 Å². The van der Waals surface area contributed by atoms with E-state index in [0.29, 0.717) is 10.7 Å². The summed E-state index contributed by atoms with van der Waals surface area (Å²) < 4.78 is 0. The summed E-state index contributed by atoms with van der Waals surface area (Å²) in [4.78, 5) is 3.82. The van der Waals surface area contributed by atoms with E-state index in [1.807, 2.05) is 6.07 Å². The maximum atomic E-state index is 8.42. The molecule has 3 nitrogen and oxygen atoms in total. The Kier molecular flexibility index (Phi) is 5.82. The minimum atomic E-state index is -0.401. The van der Waals surface area contributed by atoms with Gasteiger partial charge in [0, 0.05) is 11.6 Å². The maximum absolute atomic E-state index is 8.42. The van der Waals surface area contributed by atoms with Crippen LogP contribution < -0.4 is 5.73 Å². The average Bonchev–Trinajstić information content (AvgIpc) is 2.04. The van der Waals surface area contributed by atoms with Gasteiger partial charge in [-0.1, -0.05) is 29.3 Å². The first-order chi connectivity index (χ1) is 6.15. The second-order valence-corrected chi connectivity index (χ2v) is 3.23. The fourth-order valence-corrected chi connectivity index (χ4v) is 1.39. The summed E-state index contributed by atoms with van der Waals surface area (Å²) in [5.41, 5.74) is 6.31. The van der Waals surface area contributed by atoms with Crippen molar-refractivity contribution in [1.82, 2.24) is 4.98 Å². The van der Waals surface area contributed by atoms with E-state index >= 15 is 0 Å². The Balaban J connectivity index is 0.00000169. The van der Waals surface area contributed by atoms with Gasteiger partial charge >= 0.3 is 0 Å². The van der Waals surface area contributed by atoms with Gasteiger partial charge in [0.05, 0.1) is 12.5 Å². The third kappa shape index (κ3) is 3.32. The molecule has 1 aromatic rings. The lowest BCUT2D eigenvalue weighted by Gasteiger charge is -2.08. The Morgan fingerprint density at radius 3 is 2.64 bits per heavy atom. The Morgan fingerprint density at radius 1 is 1.50 bits per heavy atom. The fraction of sp³-hybridized carbons (Fsp3) is 0.250. The van der Waals surface area contributed by atoms with Gasteiger partial charge in [-0.3, -0.25) is 0 Å². The summed E-state index contributed by atoms with van der Waals surface area (Å²) in [5.74, 6) is 0. The molecule has 1 rings (SSSR count). The minimum absolute atomic E-state index is 0. The Morgan fingerprint density at radius 2 is 2.14 bits per heavy atom. The van der Waals surface area contributed by atoms with E-state index in [-0.39, 0.29) is 24.0 Å². The van der Waals surface area contributed by atoms with Crippen LogP contribution in [0.3, 0.4) is 0 Å². The van der Waals surface area contributed by atoms with Gasteiger partial charge in [0.25, 0.3) is 0 Å². The van der Waals surface area contributed by atoms with Crippen LogP contribution in [0.5, 0.6) is 0 Å². The van der Waals surface area contributed by atoms with Gasteiger partial charge in [-0.15, -0.1) is 12.4 Å². The lowest BCUT2D eigenvalue weighted by molar-refractivity contribution is 0.744. The highest BCUT2D eigenvalue weighted by Crippen LogP contribution is 2.23. The van der Waals surface area contributed by atoms with E-state index in [1.54, 1.807) is 12.1 Å². The Labute approximate surface area is 98.2 Å². The molecular weight excluding hydrogens is 244 g/mol. The van der Waals surface area contributed by atoms with Crippen molar-refractivity contribution in [3.8, 4) is 6.07 Å². The van der Waals surface area contributed by atoms with Crippen molar-refractivity contribution in [3.63, 3.8) is 0 Å². The van der Waals surface area contributed by atoms with Crippen molar-refractivity contribution in [2.24, 2.45) is 5.73 Å². The molecule has 6 heteroatoms. The van der Waals surface area contributed by atoms with Gasteiger partial charge in [0.1, 0.15) is 10.3 Å². The zero-order chi connectivity index (χ0) is 9.84. The van der Waals surface area contributed by atoms with Crippen LogP contribution in [0.1, 0.15) is 18.0 Å². The minimum Gasteiger partial charge on any atom is -0.323 e. The molecule has 0 aliphatic carbocycles. The molecule has 76 valence electrons. The van der Waals surface area contributed by atoms with Crippen LogP contribution in [0.15, 0.2) is 12.1 Å². The van der Waals surface area contributed by atoms with Crippen molar-refractivity contribution in [2.45, 2.75) is 12.5 Å². The van der Waals surface area contributed by atoms with Gasteiger partial charge in [-0.05, 0) is 6.07 Å². The summed E-state index contributed by atoms with van der Waals surface area (Å²) in [7, 11) is 0. The molecule has 14 heavy (non-hydrogen) atoms. The molecular formula is C8H8Cl3N3. The van der Waals surface area contributed by atoms with Crippen LogP contribution in [-0.2, 0) is 0 Å². The summed E-state index contributed by atoms with van der Waals surface area (Å²) in [5, 5.41) is 9.00. The number of pyridine rings is 1. The predicted octanol–water partition coefficient (Wildman–Crippen LogP) is 2.72. The first-order valence-corrected chi connectivity index (χ1v) is 4.35. The van der Waals surface area contributed by atoms with E-state index < -0.39 is 6.04 Å². The monoisotopic (exact) mass is 251 g/mol. The number of hydrogen-bond donors (Lipinski definition) is 1. The third-order valence-electron chi connectivity index (χ3n) is 1.55. The normalized spacial score (nSPS) is 11.3. The average molecular weight is 253 g/mol. The number of aromatic nitrogens is 1. The van der Waals surface area contributed by atoms with Gasteiger partial charge in [0.2, 0.25) is 0 Å². The molecule has 1 aromatic heterocycles. The quantitative estimate of drug-likeness (QED) is 0.823. The molecule has 0 saturated heterocycles. The summed E-state index contributed by atoms with van der Waals surface area (Å²) >= 11 is 11.4. The van der Waals surface area contributed by atoms with Gasteiger partial charge in [-0.2, -0.15) is 5.26 Å². The van der Waals surface area contributed by atoms with Crippen molar-refractivity contribution >= 4 is 35.6 Å². The fourth-order valence-electron chi connectivity index (χ4n) is 0.908. The number of hydrogen-bond acceptors (Lipinski definition) is 3. The van der Waals surface area contributed by atoms with Crippen LogP contribution in [0, 0.1) is 11.3 Å². The molecule has 0 radical (unpaired) electrons. The van der Waals surface area contributed by atoms with E-state index in [1.165, 1.54) is 0 Å². The molecule has 0 fully saturated rings. The highest BCUT2D eigenvalue weighted by Gasteiger charge is 2.10.